The van der Waals surface area contributed by atoms with Crippen LogP contribution in [0.15, 0.2) is 12.2 Å². The van der Waals surface area contributed by atoms with Gasteiger partial charge in [-0.1, -0.05) is 19.9 Å². The van der Waals surface area contributed by atoms with E-state index in [1.165, 1.54) is 0 Å². The van der Waals surface area contributed by atoms with Crippen molar-refractivity contribution in [2.24, 2.45) is 34.0 Å². The van der Waals surface area contributed by atoms with Crippen LogP contribution in [0.25, 0.3) is 0 Å². The number of ether oxygens (including phenoxy) is 3. The van der Waals surface area contributed by atoms with Gasteiger partial charge in [0.2, 0.25) is 0 Å². The molecule has 0 aromatic heterocycles. The van der Waals surface area contributed by atoms with Crippen molar-refractivity contribution in [3.8, 4) is 0 Å². The zero-order chi connectivity index (χ0) is 26.4. The number of hydrogen-bond donors (Lipinski definition) is 4. The van der Waals surface area contributed by atoms with Crippen molar-refractivity contribution >= 4 is 5.97 Å². The Labute approximate surface area is 219 Å². The first-order chi connectivity index (χ1) is 17.4. The van der Waals surface area contributed by atoms with Gasteiger partial charge in [0.15, 0.2) is 6.29 Å². The van der Waals surface area contributed by atoms with Gasteiger partial charge in [0.25, 0.3) is 0 Å². The minimum absolute atomic E-state index is 0.0716. The Hall–Kier alpha value is -1.03. The lowest BCUT2D eigenvalue weighted by atomic mass is 9.42. The second-order valence-electron chi connectivity index (χ2n) is 13.6. The molecule has 2 heterocycles. The largest absolute Gasteiger partial charge is 0.462 e. The summed E-state index contributed by atoms with van der Waals surface area (Å²) in [7, 11) is 0. The number of hydrogen-bond acceptors (Lipinski definition) is 8. The summed E-state index contributed by atoms with van der Waals surface area (Å²) in [5, 5.41) is 43.1. The Morgan fingerprint density at radius 2 is 1.73 bits per heavy atom. The Morgan fingerprint density at radius 1 is 0.946 bits per heavy atom. The van der Waals surface area contributed by atoms with Gasteiger partial charge in [-0.05, 0) is 87.9 Å². The molecule has 37 heavy (non-hydrogen) atoms. The van der Waals surface area contributed by atoms with Crippen LogP contribution in [-0.2, 0) is 19.0 Å². The smallest absolute Gasteiger partial charge is 0.330 e. The Morgan fingerprint density at radius 3 is 2.46 bits per heavy atom. The fourth-order valence-electron chi connectivity index (χ4n) is 9.82. The molecular formula is C29H44O8. The van der Waals surface area contributed by atoms with Crippen LogP contribution in [0.5, 0.6) is 0 Å². The highest BCUT2D eigenvalue weighted by atomic mass is 16.7. The molecule has 4 aliphatic carbocycles. The fraction of sp³-hybridized carbons (Fsp3) is 0.897. The zero-order valence-electron chi connectivity index (χ0n) is 22.3. The molecule has 1 spiro atoms. The maximum Gasteiger partial charge on any atom is 0.330 e. The molecule has 0 amide bonds. The quantitative estimate of drug-likeness (QED) is 0.323. The van der Waals surface area contributed by atoms with Crippen molar-refractivity contribution < 1.29 is 39.4 Å². The standard InChI is InChI=1S/C29H44O8/c1-16-22(31)23(32)24(33)25(36-16)37-18-6-9-26(2)17(14-18)4-5-20-19(26)7-10-27(3)28(12-13-29(20,27)34)11-8-21(30)35-15-28/h8,11,16-20,22-25,31-34H,4-7,9-10,12-15H2,1-3H3/t16-,17+,18+,19-,20+,22+,23-,24-,25+,26+,27-,28-,29+/m1/s1. The maximum atomic E-state index is 12.4. The third kappa shape index (κ3) is 3.59. The molecule has 0 aromatic rings. The van der Waals surface area contributed by atoms with E-state index < -0.39 is 36.3 Å². The van der Waals surface area contributed by atoms with Crippen LogP contribution in [0.2, 0.25) is 0 Å². The molecule has 4 N–H and O–H groups in total. The Balaban J connectivity index is 1.18. The summed E-state index contributed by atoms with van der Waals surface area (Å²) < 4.78 is 17.4. The van der Waals surface area contributed by atoms with E-state index in [0.29, 0.717) is 18.4 Å². The van der Waals surface area contributed by atoms with Crippen LogP contribution in [0.3, 0.4) is 0 Å². The lowest BCUT2D eigenvalue weighted by Crippen LogP contribution is -2.64. The van der Waals surface area contributed by atoms with Gasteiger partial charge < -0.3 is 34.6 Å². The Kier molecular flexibility index (Phi) is 6.19. The monoisotopic (exact) mass is 520 g/mol. The van der Waals surface area contributed by atoms with E-state index in [9.17, 15) is 25.2 Å². The number of rotatable bonds is 2. The van der Waals surface area contributed by atoms with Crippen LogP contribution in [0.4, 0.5) is 0 Å². The number of carbonyl (C=O) groups is 1. The molecule has 8 nitrogen and oxygen atoms in total. The van der Waals surface area contributed by atoms with E-state index in [1.807, 2.05) is 6.08 Å². The first-order valence-electron chi connectivity index (χ1n) is 14.4. The molecule has 4 saturated carbocycles. The zero-order valence-corrected chi connectivity index (χ0v) is 22.3. The first-order valence-corrected chi connectivity index (χ1v) is 14.4. The maximum absolute atomic E-state index is 12.4. The molecule has 1 saturated heterocycles. The number of aliphatic hydroxyl groups excluding tert-OH is 3. The fourth-order valence-corrected chi connectivity index (χ4v) is 9.82. The van der Waals surface area contributed by atoms with E-state index in [1.54, 1.807) is 13.0 Å². The van der Waals surface area contributed by atoms with Gasteiger partial charge in [0, 0.05) is 16.9 Å². The van der Waals surface area contributed by atoms with Gasteiger partial charge in [0.1, 0.15) is 24.9 Å². The van der Waals surface area contributed by atoms with Crippen molar-refractivity contribution in [2.75, 3.05) is 6.61 Å². The van der Waals surface area contributed by atoms with E-state index in [2.05, 4.69) is 13.8 Å². The summed E-state index contributed by atoms with van der Waals surface area (Å²) in [6, 6.07) is 0. The second-order valence-corrected chi connectivity index (χ2v) is 13.6. The van der Waals surface area contributed by atoms with Crippen LogP contribution in [0.1, 0.15) is 78.6 Å². The third-order valence-electron chi connectivity index (χ3n) is 12.4. The Bertz CT molecular complexity index is 954. The summed E-state index contributed by atoms with van der Waals surface area (Å²) in [5.74, 6) is 0.845. The van der Waals surface area contributed by atoms with Gasteiger partial charge >= 0.3 is 5.97 Å². The van der Waals surface area contributed by atoms with E-state index in [4.69, 9.17) is 14.2 Å². The summed E-state index contributed by atoms with van der Waals surface area (Å²) in [6.45, 7) is 6.70. The molecule has 8 heteroatoms. The second kappa shape index (κ2) is 8.73. The average molecular weight is 521 g/mol. The molecule has 5 fully saturated rings. The summed E-state index contributed by atoms with van der Waals surface area (Å²) in [5.41, 5.74) is -1.24. The lowest BCUT2D eigenvalue weighted by Gasteiger charge is -2.65. The predicted octanol–water partition coefficient (Wildman–Crippen LogP) is 2.46. The summed E-state index contributed by atoms with van der Waals surface area (Å²) >= 11 is 0. The summed E-state index contributed by atoms with van der Waals surface area (Å²) in [4.78, 5) is 11.8. The molecule has 0 unspecified atom stereocenters. The predicted molar refractivity (Wildman–Crippen MR) is 133 cm³/mol. The van der Waals surface area contributed by atoms with Crippen molar-refractivity contribution in [3.05, 3.63) is 12.2 Å². The van der Waals surface area contributed by atoms with E-state index in [-0.39, 0.29) is 34.2 Å². The van der Waals surface area contributed by atoms with Gasteiger partial charge in [-0.15, -0.1) is 0 Å². The highest BCUT2D eigenvalue weighted by Crippen LogP contribution is 2.72. The molecule has 13 atom stereocenters. The molecule has 0 aromatic carbocycles. The first kappa shape index (κ1) is 26.2. The number of esters is 1. The number of aliphatic hydroxyl groups is 4. The third-order valence-corrected chi connectivity index (χ3v) is 12.4. The van der Waals surface area contributed by atoms with Gasteiger partial charge in [-0.25, -0.2) is 4.79 Å². The van der Waals surface area contributed by atoms with Crippen LogP contribution < -0.4 is 0 Å². The van der Waals surface area contributed by atoms with Crippen molar-refractivity contribution in [1.29, 1.82) is 0 Å². The van der Waals surface area contributed by atoms with Crippen molar-refractivity contribution in [2.45, 2.75) is 121 Å². The van der Waals surface area contributed by atoms with Gasteiger partial charge in [-0.2, -0.15) is 0 Å². The molecule has 2 aliphatic heterocycles. The van der Waals surface area contributed by atoms with Crippen molar-refractivity contribution in [3.63, 3.8) is 0 Å². The highest BCUT2D eigenvalue weighted by Gasteiger charge is 2.71. The molecule has 6 rings (SSSR count). The molecule has 208 valence electrons. The highest BCUT2D eigenvalue weighted by molar-refractivity contribution is 5.83. The molecule has 0 radical (unpaired) electrons. The van der Waals surface area contributed by atoms with E-state index >= 15 is 0 Å². The normalized spacial score (nSPS) is 57.4. The van der Waals surface area contributed by atoms with Crippen LogP contribution in [0, 0.1) is 34.0 Å². The minimum Gasteiger partial charge on any atom is -0.462 e. The number of cyclic esters (lactones) is 1. The molecular weight excluding hydrogens is 476 g/mol. The van der Waals surface area contributed by atoms with Crippen LogP contribution in [-0.4, -0.2) is 75.4 Å². The summed E-state index contributed by atoms with van der Waals surface area (Å²) in [6.07, 6.45) is 6.61. The SMILES string of the molecule is C[C@H]1O[C@@H](O[C@H]2CC[C@@]3(C)[C@@H](CC[C@H]4[C@H]3CC[C@]3(C)[C@]5(C=CC(=O)OC5)CC[C@]43O)C2)[C@H](O)[C@H](O)[C@H]1O. The van der Waals surface area contributed by atoms with Crippen molar-refractivity contribution in [1.82, 2.24) is 0 Å². The van der Waals surface area contributed by atoms with Gasteiger partial charge in [0.05, 0.1) is 17.8 Å². The lowest BCUT2D eigenvalue weighted by molar-refractivity contribution is -0.310. The van der Waals surface area contributed by atoms with E-state index in [0.717, 1.165) is 57.8 Å². The van der Waals surface area contributed by atoms with Crippen LogP contribution >= 0.6 is 0 Å². The molecule has 0 bridgehead atoms. The average Bonchev–Trinajstić information content (AvgIpc) is 3.10. The topological polar surface area (TPSA) is 126 Å². The number of carbonyl (C=O) groups excluding carboxylic acids is 1. The number of fused-ring (bicyclic) bond motifs is 6. The minimum atomic E-state index is -1.28. The van der Waals surface area contributed by atoms with Gasteiger partial charge in [-0.3, -0.25) is 0 Å². The molecule has 6 aliphatic rings.